The fraction of sp³-hybridized carbons (Fsp3) is 0.149. The monoisotopic (exact) mass is 874 g/mol. The fourth-order valence-corrected chi connectivity index (χ4v) is 7.83. The van der Waals surface area contributed by atoms with Gasteiger partial charge in [0.2, 0.25) is 0 Å². The summed E-state index contributed by atoms with van der Waals surface area (Å²) in [6.45, 7) is 10.8. The molecule has 0 fully saturated rings. The molecule has 0 spiro atoms. The summed E-state index contributed by atoms with van der Waals surface area (Å²) < 4.78 is 31.9. The molecule has 0 aliphatic carbocycles. The number of pyridine rings is 2. The number of fused-ring (bicyclic) bond motifs is 3. The predicted octanol–water partition coefficient (Wildman–Crippen LogP) is 11.9. The Morgan fingerprint density at radius 3 is 2.17 bits per heavy atom. The molecule has 5 aromatic carbocycles. The maximum absolute atomic E-state index is 8.62. The summed E-state index contributed by atoms with van der Waals surface area (Å²) >= 11 is 0. The molecule has 1 radical (unpaired) electrons. The van der Waals surface area contributed by atoms with Gasteiger partial charge in [0.05, 0.1) is 13.7 Å². The van der Waals surface area contributed by atoms with E-state index in [1.165, 1.54) is 10.8 Å². The molecule has 3 nitrogen and oxygen atoms in total. The van der Waals surface area contributed by atoms with E-state index >= 15 is 0 Å². The molecule has 52 heavy (non-hydrogen) atoms. The summed E-state index contributed by atoms with van der Waals surface area (Å²) in [5.74, 6) is -0.648. The molecule has 0 aliphatic heterocycles. The van der Waals surface area contributed by atoms with Crippen LogP contribution < -0.4 is 5.19 Å². The number of hydrogen-bond donors (Lipinski definition) is 0. The van der Waals surface area contributed by atoms with Crippen molar-refractivity contribution in [3.63, 3.8) is 0 Å². The van der Waals surface area contributed by atoms with Crippen molar-refractivity contribution in [1.82, 2.24) is 9.97 Å². The summed E-state index contributed by atoms with van der Waals surface area (Å²) in [5, 5.41) is 3.31. The van der Waals surface area contributed by atoms with E-state index in [0.29, 0.717) is 22.4 Å². The summed E-state index contributed by atoms with van der Waals surface area (Å²) in [5.41, 5.74) is 9.34. The zero-order valence-electron chi connectivity index (χ0n) is 33.0. The molecule has 261 valence electrons. The predicted molar refractivity (Wildman–Crippen MR) is 216 cm³/mol. The van der Waals surface area contributed by atoms with Crippen molar-refractivity contribution in [2.45, 2.75) is 45.8 Å². The van der Waals surface area contributed by atoms with Crippen LogP contribution in [0, 0.1) is 12.1 Å². The van der Waals surface area contributed by atoms with Gasteiger partial charge < -0.3 is 14.4 Å². The average Bonchev–Trinajstić information content (AvgIpc) is 3.57. The van der Waals surface area contributed by atoms with Crippen molar-refractivity contribution < 1.29 is 28.6 Å². The second-order valence-corrected chi connectivity index (χ2v) is 18.9. The van der Waals surface area contributed by atoms with Crippen molar-refractivity contribution in [3.05, 3.63) is 175 Å². The third kappa shape index (κ3) is 8.24. The van der Waals surface area contributed by atoms with Crippen LogP contribution in [0.5, 0.6) is 0 Å². The molecule has 8 aromatic rings. The van der Waals surface area contributed by atoms with Crippen LogP contribution in [0.4, 0.5) is 0 Å². The molecule has 0 amide bonds. The molecule has 0 atom stereocenters. The number of aromatic nitrogens is 2. The first-order valence-corrected chi connectivity index (χ1v) is 20.7. The van der Waals surface area contributed by atoms with Crippen molar-refractivity contribution in [2.75, 3.05) is 0 Å². The van der Waals surface area contributed by atoms with Crippen LogP contribution in [0.25, 0.3) is 55.6 Å². The molecule has 0 saturated carbocycles. The Morgan fingerprint density at radius 2 is 1.42 bits per heavy atom. The van der Waals surface area contributed by atoms with Crippen LogP contribution in [0.1, 0.15) is 40.5 Å². The minimum Gasteiger partial charge on any atom is -0.501 e. The number of nitrogens with zero attached hydrogens (tertiary/aromatic N) is 2. The standard InChI is InChI=1S/C24H16NO.C23H26NSi.Ir/c1-2-7-17(8-3-1)15-18-13-14-25-22(16-18)21-11-6-10-20-19-9-4-5-12-23(19)26-24(20)21;1-17(2)21-15-22(24-16-23(21)25(3,4)5)20-13-9-12-19(14-20)18-10-7-6-8-11-18;/h1-10,12-14,16H,15H2;6-12,14-17H,1-5H3;/q2*-1;/i15D2;17D;. The van der Waals surface area contributed by atoms with Gasteiger partial charge in [-0.3, -0.25) is 0 Å². The van der Waals surface area contributed by atoms with Crippen LogP contribution in [-0.2, 0) is 26.5 Å². The molecule has 5 heteroatoms. The molecule has 0 unspecified atom stereocenters. The van der Waals surface area contributed by atoms with E-state index in [4.69, 9.17) is 13.5 Å². The maximum Gasteiger partial charge on any atom is 0.120 e. The second kappa shape index (κ2) is 16.2. The molecule has 0 aliphatic rings. The van der Waals surface area contributed by atoms with Crippen LogP contribution in [0.15, 0.2) is 150 Å². The van der Waals surface area contributed by atoms with Gasteiger partial charge >= 0.3 is 0 Å². The van der Waals surface area contributed by atoms with Crippen LogP contribution in [0.3, 0.4) is 0 Å². The minimum atomic E-state index is -1.62. The van der Waals surface area contributed by atoms with Crippen molar-refractivity contribution in [3.8, 4) is 33.6 Å². The largest absolute Gasteiger partial charge is 0.501 e. The van der Waals surface area contributed by atoms with E-state index in [1.54, 1.807) is 30.5 Å². The first-order chi connectivity index (χ1) is 25.8. The first-order valence-electron chi connectivity index (χ1n) is 18.7. The van der Waals surface area contributed by atoms with Gasteiger partial charge in [0.1, 0.15) is 5.58 Å². The number of benzene rings is 5. The Morgan fingerprint density at radius 1 is 0.712 bits per heavy atom. The Kier molecular flexibility index (Phi) is 10.2. The third-order valence-corrected chi connectivity index (χ3v) is 10.9. The summed E-state index contributed by atoms with van der Waals surface area (Å²) in [6, 6.07) is 49.6. The fourth-order valence-electron chi connectivity index (χ4n) is 6.25. The molecule has 0 saturated heterocycles. The number of furan rings is 1. The van der Waals surface area contributed by atoms with Crippen molar-refractivity contribution >= 4 is 35.2 Å². The normalized spacial score (nSPS) is 12.6. The third-order valence-electron chi connectivity index (χ3n) is 8.85. The zero-order chi connectivity index (χ0) is 38.1. The smallest absolute Gasteiger partial charge is 0.120 e. The maximum atomic E-state index is 8.62. The van der Waals surface area contributed by atoms with Crippen LogP contribution in [-0.4, -0.2) is 18.0 Å². The van der Waals surface area contributed by atoms with Gasteiger partial charge in [-0.15, -0.1) is 53.6 Å². The van der Waals surface area contributed by atoms with Gasteiger partial charge in [-0.2, -0.15) is 0 Å². The quantitative estimate of drug-likeness (QED) is 0.118. The van der Waals surface area contributed by atoms with Crippen LogP contribution >= 0.6 is 0 Å². The molecule has 0 N–H and O–H groups in total. The zero-order valence-corrected chi connectivity index (χ0v) is 33.4. The molecular formula is C47H42IrN2OSi-2. The van der Waals surface area contributed by atoms with Crippen LogP contribution in [0.2, 0.25) is 19.6 Å². The van der Waals surface area contributed by atoms with E-state index < -0.39 is 20.3 Å². The Bertz CT molecular complexity index is 2560. The number of rotatable bonds is 7. The van der Waals surface area contributed by atoms with Gasteiger partial charge in [0.25, 0.3) is 0 Å². The van der Waals surface area contributed by atoms with Crippen molar-refractivity contribution in [2.24, 2.45) is 0 Å². The molecule has 3 heterocycles. The summed E-state index contributed by atoms with van der Waals surface area (Å²) in [7, 11) is -1.57. The first kappa shape index (κ1) is 32.9. The van der Waals surface area contributed by atoms with E-state index in [9.17, 15) is 0 Å². The van der Waals surface area contributed by atoms with E-state index in [-0.39, 0.29) is 20.1 Å². The average molecular weight is 874 g/mol. The Hall–Kier alpha value is -4.93. The number of hydrogen-bond acceptors (Lipinski definition) is 3. The van der Waals surface area contributed by atoms with Gasteiger partial charge in [-0.25, -0.2) is 0 Å². The Balaban J connectivity index is 0.000000184. The molecular weight excluding hydrogens is 829 g/mol. The molecule has 8 rings (SSSR count). The summed E-state index contributed by atoms with van der Waals surface area (Å²) in [6.07, 6.45) is 2.01. The minimum absolute atomic E-state index is 0. The SMILES string of the molecule is [2H]C(C)(C)c1cc(-c2[c-]ccc(-c3ccccc3)c2)ncc1[Si](C)(C)C.[2H]C([2H])(c1ccccc1)c1ccnc(-c2[c-]ccc3c2oc2ccccc23)c1.[Ir]. The second-order valence-electron chi connectivity index (χ2n) is 13.8. The molecule has 0 bridgehead atoms. The topological polar surface area (TPSA) is 38.9 Å². The summed E-state index contributed by atoms with van der Waals surface area (Å²) in [4.78, 5) is 9.22. The number of para-hydroxylation sites is 1. The van der Waals surface area contributed by atoms with Gasteiger partial charge in [0.15, 0.2) is 0 Å². The van der Waals surface area contributed by atoms with E-state index in [0.717, 1.165) is 44.3 Å². The van der Waals surface area contributed by atoms with Crippen molar-refractivity contribution in [1.29, 1.82) is 0 Å². The van der Waals surface area contributed by atoms with E-state index in [2.05, 4.69) is 67.1 Å². The van der Waals surface area contributed by atoms with E-state index in [1.807, 2.05) is 98.9 Å². The molecule has 3 aromatic heterocycles. The Labute approximate surface area is 326 Å². The van der Waals surface area contributed by atoms with Gasteiger partial charge in [0, 0.05) is 42.0 Å². The van der Waals surface area contributed by atoms with Gasteiger partial charge in [-0.05, 0) is 57.7 Å². The van der Waals surface area contributed by atoms with Gasteiger partial charge in [-0.1, -0.05) is 141 Å².